The van der Waals surface area contributed by atoms with E-state index in [4.69, 9.17) is 0 Å². The van der Waals surface area contributed by atoms with Crippen LogP contribution in [0.15, 0.2) is 42.6 Å². The molecule has 0 bridgehead atoms. The Morgan fingerprint density at radius 2 is 2.05 bits per heavy atom. The number of hydrogen-bond acceptors (Lipinski definition) is 2. The lowest BCUT2D eigenvalue weighted by atomic mass is 10.1. The molecule has 0 atom stereocenters. The molecule has 0 N–H and O–H groups in total. The molecule has 0 saturated heterocycles. The highest BCUT2D eigenvalue weighted by Gasteiger charge is 2.05. The van der Waals surface area contributed by atoms with Gasteiger partial charge in [-0.2, -0.15) is 0 Å². The number of nitrogens with zero attached hydrogens (tertiary/aromatic N) is 2. The zero-order valence-electron chi connectivity index (χ0n) is 11.4. The maximum absolute atomic E-state index is 4.36. The molecule has 0 aliphatic carbocycles. The van der Waals surface area contributed by atoms with Crippen molar-refractivity contribution in [1.29, 1.82) is 0 Å². The SMILES string of the molecule is Cc1cc(CBr)ccc1N(C)CCc1ccccn1. The van der Waals surface area contributed by atoms with E-state index in [1.54, 1.807) is 0 Å². The summed E-state index contributed by atoms with van der Waals surface area (Å²) in [6, 6.07) is 12.7. The summed E-state index contributed by atoms with van der Waals surface area (Å²) in [5.41, 5.74) is 5.07. The third-order valence-electron chi connectivity index (χ3n) is 3.26. The summed E-state index contributed by atoms with van der Waals surface area (Å²) < 4.78 is 0. The number of aryl methyl sites for hydroxylation is 1. The van der Waals surface area contributed by atoms with Crippen LogP contribution in [-0.4, -0.2) is 18.6 Å². The fourth-order valence-corrected chi connectivity index (χ4v) is 2.53. The van der Waals surface area contributed by atoms with E-state index >= 15 is 0 Å². The largest absolute Gasteiger partial charge is 0.374 e. The first-order chi connectivity index (χ1) is 9.20. The molecule has 0 radical (unpaired) electrons. The van der Waals surface area contributed by atoms with Gasteiger partial charge >= 0.3 is 0 Å². The number of anilines is 1. The molecular weight excluding hydrogens is 300 g/mol. The van der Waals surface area contributed by atoms with Gasteiger partial charge in [0.2, 0.25) is 0 Å². The first-order valence-corrected chi connectivity index (χ1v) is 7.59. The highest BCUT2D eigenvalue weighted by atomic mass is 79.9. The Hall–Kier alpha value is -1.35. The molecule has 0 spiro atoms. The summed E-state index contributed by atoms with van der Waals surface area (Å²) in [4.78, 5) is 6.65. The summed E-state index contributed by atoms with van der Waals surface area (Å²) in [7, 11) is 2.14. The molecule has 0 fully saturated rings. The number of hydrogen-bond donors (Lipinski definition) is 0. The van der Waals surface area contributed by atoms with Crippen LogP contribution in [-0.2, 0) is 11.8 Å². The smallest absolute Gasteiger partial charge is 0.0421 e. The second-order valence-electron chi connectivity index (χ2n) is 4.75. The maximum atomic E-state index is 4.36. The molecule has 2 nitrogen and oxygen atoms in total. The Morgan fingerprint density at radius 1 is 1.21 bits per heavy atom. The van der Waals surface area contributed by atoms with Gasteiger partial charge in [-0.25, -0.2) is 0 Å². The van der Waals surface area contributed by atoms with Gasteiger partial charge in [0, 0.05) is 42.9 Å². The molecular formula is C16H19BrN2. The number of likely N-dealkylation sites (N-methyl/N-ethyl adjacent to an activating group) is 1. The molecule has 1 heterocycles. The molecule has 0 unspecified atom stereocenters. The molecule has 2 aromatic rings. The Bertz CT molecular complexity index is 526. The fourth-order valence-electron chi connectivity index (χ4n) is 2.18. The zero-order chi connectivity index (χ0) is 13.7. The van der Waals surface area contributed by atoms with Gasteiger partial charge < -0.3 is 4.90 Å². The molecule has 2 rings (SSSR count). The quantitative estimate of drug-likeness (QED) is 0.776. The number of alkyl halides is 1. The number of halogens is 1. The van der Waals surface area contributed by atoms with Crippen LogP contribution in [0.1, 0.15) is 16.8 Å². The van der Waals surface area contributed by atoms with Gasteiger partial charge in [0.1, 0.15) is 0 Å². The Morgan fingerprint density at radius 3 is 2.68 bits per heavy atom. The van der Waals surface area contributed by atoms with Crippen molar-refractivity contribution in [2.24, 2.45) is 0 Å². The maximum Gasteiger partial charge on any atom is 0.0421 e. The lowest BCUT2D eigenvalue weighted by Gasteiger charge is -2.21. The number of aromatic nitrogens is 1. The van der Waals surface area contributed by atoms with Crippen molar-refractivity contribution < 1.29 is 0 Å². The molecule has 1 aromatic heterocycles. The molecule has 0 aliphatic heterocycles. The van der Waals surface area contributed by atoms with E-state index < -0.39 is 0 Å². The minimum atomic E-state index is 0.909. The average Bonchev–Trinajstić information content (AvgIpc) is 2.45. The third kappa shape index (κ3) is 3.80. The lowest BCUT2D eigenvalue weighted by molar-refractivity contribution is 0.849. The normalized spacial score (nSPS) is 10.5. The zero-order valence-corrected chi connectivity index (χ0v) is 13.0. The first-order valence-electron chi connectivity index (χ1n) is 6.47. The minimum absolute atomic E-state index is 0.909. The Kier molecular flexibility index (Phi) is 4.97. The van der Waals surface area contributed by atoms with Gasteiger partial charge in [-0.15, -0.1) is 0 Å². The molecule has 19 heavy (non-hydrogen) atoms. The number of benzene rings is 1. The van der Waals surface area contributed by atoms with Gasteiger partial charge in [-0.05, 0) is 36.2 Å². The van der Waals surface area contributed by atoms with E-state index in [1.807, 2.05) is 18.3 Å². The molecule has 3 heteroatoms. The van der Waals surface area contributed by atoms with Gasteiger partial charge in [0.25, 0.3) is 0 Å². The Labute approximate surface area is 123 Å². The van der Waals surface area contributed by atoms with Gasteiger partial charge in [0.05, 0.1) is 0 Å². The van der Waals surface area contributed by atoms with E-state index in [1.165, 1.54) is 16.8 Å². The van der Waals surface area contributed by atoms with Crippen LogP contribution in [0.3, 0.4) is 0 Å². The standard InChI is InChI=1S/C16H19BrN2/c1-13-11-14(12-17)6-7-16(13)19(2)10-8-15-5-3-4-9-18-15/h3-7,9,11H,8,10,12H2,1-2H3. The van der Waals surface area contributed by atoms with E-state index in [0.717, 1.165) is 24.0 Å². The van der Waals surface area contributed by atoms with E-state index in [0.29, 0.717) is 0 Å². The van der Waals surface area contributed by atoms with Crippen LogP contribution in [0.2, 0.25) is 0 Å². The van der Waals surface area contributed by atoms with Crippen LogP contribution < -0.4 is 4.90 Å². The van der Waals surface area contributed by atoms with Crippen molar-refractivity contribution in [3.8, 4) is 0 Å². The number of pyridine rings is 1. The highest BCUT2D eigenvalue weighted by Crippen LogP contribution is 2.21. The summed E-state index contributed by atoms with van der Waals surface area (Å²) in [5, 5.41) is 0.909. The van der Waals surface area contributed by atoms with Crippen molar-refractivity contribution in [3.05, 3.63) is 59.4 Å². The van der Waals surface area contributed by atoms with E-state index in [2.05, 4.69) is 64.1 Å². The van der Waals surface area contributed by atoms with Crippen molar-refractivity contribution in [2.45, 2.75) is 18.7 Å². The fraction of sp³-hybridized carbons (Fsp3) is 0.312. The predicted octanol–water partition coefficient (Wildman–Crippen LogP) is 3.96. The molecule has 100 valence electrons. The molecule has 1 aromatic carbocycles. The Balaban J connectivity index is 2.02. The number of rotatable bonds is 5. The average molecular weight is 319 g/mol. The topological polar surface area (TPSA) is 16.1 Å². The highest BCUT2D eigenvalue weighted by molar-refractivity contribution is 9.08. The third-order valence-corrected chi connectivity index (χ3v) is 3.90. The first kappa shape index (κ1) is 14.1. The monoisotopic (exact) mass is 318 g/mol. The van der Waals surface area contributed by atoms with E-state index in [9.17, 15) is 0 Å². The summed E-state index contributed by atoms with van der Waals surface area (Å²) >= 11 is 3.49. The summed E-state index contributed by atoms with van der Waals surface area (Å²) in [6.07, 6.45) is 2.82. The van der Waals surface area contributed by atoms with Crippen LogP contribution in [0.4, 0.5) is 5.69 Å². The second-order valence-corrected chi connectivity index (χ2v) is 5.31. The second kappa shape index (κ2) is 6.71. The van der Waals surface area contributed by atoms with Crippen molar-refractivity contribution in [3.63, 3.8) is 0 Å². The van der Waals surface area contributed by atoms with Crippen molar-refractivity contribution in [1.82, 2.24) is 4.98 Å². The minimum Gasteiger partial charge on any atom is -0.374 e. The van der Waals surface area contributed by atoms with Crippen molar-refractivity contribution >= 4 is 21.6 Å². The molecule has 0 aliphatic rings. The van der Waals surface area contributed by atoms with Crippen molar-refractivity contribution in [2.75, 3.05) is 18.5 Å². The summed E-state index contributed by atoms with van der Waals surface area (Å²) in [5.74, 6) is 0. The van der Waals surface area contributed by atoms with E-state index in [-0.39, 0.29) is 0 Å². The molecule has 0 amide bonds. The summed E-state index contributed by atoms with van der Waals surface area (Å²) in [6.45, 7) is 3.14. The lowest BCUT2D eigenvalue weighted by Crippen LogP contribution is -2.21. The van der Waals surface area contributed by atoms with Gasteiger partial charge in [0.15, 0.2) is 0 Å². The van der Waals surface area contributed by atoms with Crippen LogP contribution in [0.25, 0.3) is 0 Å². The van der Waals surface area contributed by atoms with Crippen LogP contribution in [0, 0.1) is 6.92 Å². The predicted molar refractivity (Wildman–Crippen MR) is 85.0 cm³/mol. The van der Waals surface area contributed by atoms with Crippen LogP contribution >= 0.6 is 15.9 Å². The molecule has 0 saturated carbocycles. The van der Waals surface area contributed by atoms with Gasteiger partial charge in [-0.1, -0.05) is 34.1 Å². The van der Waals surface area contributed by atoms with Crippen LogP contribution in [0.5, 0.6) is 0 Å². The van der Waals surface area contributed by atoms with Gasteiger partial charge in [-0.3, -0.25) is 4.98 Å².